The molecular formula is C31H27NO7. The largest absolute Gasteiger partial charge is 0.507 e. The predicted octanol–water partition coefficient (Wildman–Crippen LogP) is 5.50. The number of rotatable bonds is 8. The molecule has 8 nitrogen and oxygen atoms in total. The van der Waals surface area contributed by atoms with Crippen LogP contribution in [-0.4, -0.2) is 33.9 Å². The smallest absolute Gasteiger partial charge is 0.296 e. The predicted molar refractivity (Wildman–Crippen MR) is 143 cm³/mol. The number of aliphatic hydroxyl groups is 1. The number of amides is 1. The number of nitrogens with zero attached hydrogens (tertiary/aromatic N) is 1. The van der Waals surface area contributed by atoms with Crippen LogP contribution < -0.4 is 9.47 Å². The van der Waals surface area contributed by atoms with Gasteiger partial charge in [0.25, 0.3) is 11.7 Å². The normalized spacial score (nSPS) is 16.5. The molecule has 2 heterocycles. The van der Waals surface area contributed by atoms with Crippen LogP contribution in [-0.2, 0) is 22.7 Å². The number of methoxy groups -OCH3 is 1. The standard InChI is InChI=1S/C31H27NO7/c1-19-6-3-4-7-22(19)18-39-23-12-9-20(10-13-23)29(34)27-28(21-11-14-25(33)26(16-21)37-2)32(31(36)30(27)35)17-24-8-5-15-38-24/h3-16,28,33-34H,17-18H2,1-2H3/b29-27+/t28-/m1/s1. The molecule has 0 bridgehead atoms. The van der Waals surface area contributed by atoms with Gasteiger partial charge in [-0.15, -0.1) is 0 Å². The lowest BCUT2D eigenvalue weighted by Gasteiger charge is -2.25. The van der Waals surface area contributed by atoms with E-state index in [0.717, 1.165) is 11.1 Å². The summed E-state index contributed by atoms with van der Waals surface area (Å²) in [6.07, 6.45) is 1.48. The van der Waals surface area contributed by atoms with E-state index < -0.39 is 17.7 Å². The number of carbonyl (C=O) groups excluding carboxylic acids is 2. The molecule has 2 N–H and O–H groups in total. The van der Waals surface area contributed by atoms with Crippen LogP contribution >= 0.6 is 0 Å². The Morgan fingerprint density at radius 3 is 2.46 bits per heavy atom. The number of phenols is 1. The van der Waals surface area contributed by atoms with Crippen molar-refractivity contribution in [3.8, 4) is 17.2 Å². The summed E-state index contributed by atoms with van der Waals surface area (Å²) in [4.78, 5) is 27.8. The van der Waals surface area contributed by atoms with Gasteiger partial charge in [0.05, 0.1) is 31.5 Å². The summed E-state index contributed by atoms with van der Waals surface area (Å²) in [6, 6.07) is 21.6. The van der Waals surface area contributed by atoms with Gasteiger partial charge in [-0.3, -0.25) is 9.59 Å². The molecule has 1 atom stereocenters. The van der Waals surface area contributed by atoms with E-state index >= 15 is 0 Å². The highest BCUT2D eigenvalue weighted by atomic mass is 16.5. The molecule has 198 valence electrons. The highest BCUT2D eigenvalue weighted by Crippen LogP contribution is 2.42. The first kappa shape index (κ1) is 25.7. The minimum atomic E-state index is -0.943. The lowest BCUT2D eigenvalue weighted by atomic mass is 9.95. The molecular weight excluding hydrogens is 498 g/mol. The molecule has 0 spiro atoms. The van der Waals surface area contributed by atoms with Gasteiger partial charge in [-0.2, -0.15) is 0 Å². The maximum Gasteiger partial charge on any atom is 0.296 e. The van der Waals surface area contributed by atoms with Gasteiger partial charge in [-0.1, -0.05) is 30.3 Å². The molecule has 1 amide bonds. The van der Waals surface area contributed by atoms with Crippen molar-refractivity contribution in [2.45, 2.75) is 26.1 Å². The number of hydrogen-bond acceptors (Lipinski definition) is 7. The second-order valence-electron chi connectivity index (χ2n) is 9.18. The molecule has 1 fully saturated rings. The van der Waals surface area contributed by atoms with Crippen LogP contribution in [0.5, 0.6) is 17.2 Å². The second-order valence-corrected chi connectivity index (χ2v) is 9.18. The van der Waals surface area contributed by atoms with Crippen molar-refractivity contribution in [2.24, 2.45) is 0 Å². The van der Waals surface area contributed by atoms with Crippen molar-refractivity contribution in [3.63, 3.8) is 0 Å². The molecule has 0 saturated carbocycles. The number of ketones is 1. The number of benzene rings is 3. The molecule has 4 aromatic rings. The van der Waals surface area contributed by atoms with Crippen LogP contribution in [0.3, 0.4) is 0 Å². The molecule has 8 heteroatoms. The molecule has 1 aliphatic heterocycles. The Labute approximate surface area is 225 Å². The van der Waals surface area contributed by atoms with Crippen molar-refractivity contribution in [1.82, 2.24) is 4.90 Å². The molecule has 0 unspecified atom stereocenters. The second kappa shape index (κ2) is 10.8. The van der Waals surface area contributed by atoms with Gasteiger partial charge in [0.2, 0.25) is 0 Å². The van der Waals surface area contributed by atoms with E-state index in [9.17, 15) is 19.8 Å². The summed E-state index contributed by atoms with van der Waals surface area (Å²) in [6.45, 7) is 2.41. The number of aryl methyl sites for hydroxylation is 1. The summed E-state index contributed by atoms with van der Waals surface area (Å²) in [5.74, 6) is -0.774. The summed E-state index contributed by atoms with van der Waals surface area (Å²) in [5, 5.41) is 21.4. The number of likely N-dealkylation sites (tertiary alicyclic amines) is 1. The Hall–Kier alpha value is -4.98. The first-order valence-corrected chi connectivity index (χ1v) is 12.3. The third-order valence-electron chi connectivity index (χ3n) is 6.75. The van der Waals surface area contributed by atoms with Crippen LogP contribution in [0.1, 0.15) is 34.1 Å². The van der Waals surface area contributed by atoms with Gasteiger partial charge >= 0.3 is 0 Å². The fourth-order valence-corrected chi connectivity index (χ4v) is 4.62. The van der Waals surface area contributed by atoms with Gasteiger partial charge in [0.15, 0.2) is 11.5 Å². The Bertz CT molecular complexity index is 1540. The summed E-state index contributed by atoms with van der Waals surface area (Å²) in [7, 11) is 1.40. The van der Waals surface area contributed by atoms with Crippen LogP contribution in [0.2, 0.25) is 0 Å². The Kier molecular flexibility index (Phi) is 7.10. The number of hydrogen-bond donors (Lipinski definition) is 2. The zero-order valence-corrected chi connectivity index (χ0v) is 21.5. The number of aromatic hydroxyl groups is 1. The Morgan fingerprint density at radius 1 is 1.00 bits per heavy atom. The highest BCUT2D eigenvalue weighted by molar-refractivity contribution is 6.46. The van der Waals surface area contributed by atoms with Crippen molar-refractivity contribution in [2.75, 3.05) is 7.11 Å². The average Bonchev–Trinajstić information content (AvgIpc) is 3.55. The number of carbonyl (C=O) groups is 2. The third-order valence-corrected chi connectivity index (χ3v) is 6.75. The zero-order chi connectivity index (χ0) is 27.5. The van der Waals surface area contributed by atoms with E-state index in [0.29, 0.717) is 29.2 Å². The maximum atomic E-state index is 13.3. The van der Waals surface area contributed by atoms with Gasteiger partial charge in [-0.25, -0.2) is 0 Å². The Morgan fingerprint density at radius 2 is 1.77 bits per heavy atom. The van der Waals surface area contributed by atoms with E-state index in [4.69, 9.17) is 13.9 Å². The molecule has 1 aliphatic rings. The van der Waals surface area contributed by atoms with E-state index in [2.05, 4.69) is 0 Å². The molecule has 0 radical (unpaired) electrons. The number of ether oxygens (including phenoxy) is 2. The fraction of sp³-hybridized carbons (Fsp3) is 0.161. The molecule has 3 aromatic carbocycles. The van der Waals surface area contributed by atoms with Crippen LogP contribution in [0.4, 0.5) is 0 Å². The van der Waals surface area contributed by atoms with Gasteiger partial charge in [-0.05, 0) is 72.1 Å². The van der Waals surface area contributed by atoms with Crippen molar-refractivity contribution >= 4 is 17.4 Å². The monoisotopic (exact) mass is 525 g/mol. The van der Waals surface area contributed by atoms with Crippen molar-refractivity contribution in [3.05, 3.63) is 119 Å². The Balaban J connectivity index is 1.50. The number of aliphatic hydroxyl groups excluding tert-OH is 1. The summed E-state index contributed by atoms with van der Waals surface area (Å²) >= 11 is 0. The van der Waals surface area contributed by atoms with Crippen molar-refractivity contribution < 1.29 is 33.7 Å². The minimum absolute atomic E-state index is 0.00783. The van der Waals surface area contributed by atoms with E-state index in [-0.39, 0.29) is 29.4 Å². The maximum absolute atomic E-state index is 13.3. The topological polar surface area (TPSA) is 109 Å². The first-order valence-electron chi connectivity index (χ1n) is 12.3. The quantitative estimate of drug-likeness (QED) is 0.178. The molecule has 5 rings (SSSR count). The lowest BCUT2D eigenvalue weighted by molar-refractivity contribution is -0.140. The molecule has 39 heavy (non-hydrogen) atoms. The average molecular weight is 526 g/mol. The van der Waals surface area contributed by atoms with Crippen LogP contribution in [0.15, 0.2) is 95.1 Å². The minimum Gasteiger partial charge on any atom is -0.507 e. The van der Waals surface area contributed by atoms with E-state index in [1.165, 1.54) is 30.4 Å². The number of furan rings is 1. The number of Topliss-reactive ketones (excluding diaryl/α,β-unsaturated/α-hetero) is 1. The SMILES string of the molecule is COc1cc([C@@H]2/C(=C(\O)c3ccc(OCc4ccccc4C)cc3)C(=O)C(=O)N2Cc2ccco2)ccc1O. The molecule has 1 saturated heterocycles. The lowest BCUT2D eigenvalue weighted by Crippen LogP contribution is -2.29. The van der Waals surface area contributed by atoms with Crippen LogP contribution in [0, 0.1) is 6.92 Å². The fourth-order valence-electron chi connectivity index (χ4n) is 4.62. The zero-order valence-electron chi connectivity index (χ0n) is 21.5. The van der Waals surface area contributed by atoms with Gasteiger partial charge in [0, 0.05) is 5.56 Å². The van der Waals surface area contributed by atoms with E-state index in [1.54, 1.807) is 42.5 Å². The first-order chi connectivity index (χ1) is 18.9. The van der Waals surface area contributed by atoms with Gasteiger partial charge < -0.3 is 29.0 Å². The molecule has 0 aliphatic carbocycles. The number of phenolic OH excluding ortho intramolecular Hbond substituents is 1. The highest BCUT2D eigenvalue weighted by Gasteiger charge is 2.46. The molecule has 1 aromatic heterocycles. The van der Waals surface area contributed by atoms with Crippen LogP contribution in [0.25, 0.3) is 5.76 Å². The summed E-state index contributed by atoms with van der Waals surface area (Å²) < 4.78 is 16.6. The third kappa shape index (κ3) is 5.09. The van der Waals surface area contributed by atoms with Gasteiger partial charge in [0.1, 0.15) is 23.9 Å². The summed E-state index contributed by atoms with van der Waals surface area (Å²) in [5.41, 5.74) is 2.94. The van der Waals surface area contributed by atoms with E-state index in [1.807, 2.05) is 31.2 Å². The van der Waals surface area contributed by atoms with Crippen molar-refractivity contribution in [1.29, 1.82) is 0 Å².